The Morgan fingerprint density at radius 1 is 0.794 bits per heavy atom. The maximum atomic E-state index is 11.9. The van der Waals surface area contributed by atoms with Crippen LogP contribution in [0.1, 0.15) is 0 Å². The van der Waals surface area contributed by atoms with E-state index in [4.69, 9.17) is 14.2 Å². The van der Waals surface area contributed by atoms with E-state index < -0.39 is 4.92 Å². The van der Waals surface area contributed by atoms with Crippen molar-refractivity contribution in [3.05, 3.63) is 89.2 Å². The number of rotatable bonds is 7. The van der Waals surface area contributed by atoms with E-state index in [0.29, 0.717) is 47.6 Å². The van der Waals surface area contributed by atoms with E-state index in [1.807, 2.05) is 30.3 Å². The number of aromatic nitrogens is 2. The third kappa shape index (κ3) is 4.65. The molecule has 1 aliphatic heterocycles. The van der Waals surface area contributed by atoms with Crippen molar-refractivity contribution >= 4 is 28.7 Å². The van der Waals surface area contributed by atoms with Gasteiger partial charge < -0.3 is 24.8 Å². The number of ether oxygens (including phenoxy) is 3. The van der Waals surface area contributed by atoms with E-state index in [1.165, 1.54) is 6.33 Å². The molecule has 5 rings (SSSR count). The Morgan fingerprint density at radius 2 is 1.41 bits per heavy atom. The van der Waals surface area contributed by atoms with Crippen molar-refractivity contribution in [2.24, 2.45) is 0 Å². The maximum absolute atomic E-state index is 11.9. The zero-order valence-corrected chi connectivity index (χ0v) is 17.8. The first-order chi connectivity index (χ1) is 16.7. The van der Waals surface area contributed by atoms with Gasteiger partial charge in [0.2, 0.25) is 11.6 Å². The summed E-state index contributed by atoms with van der Waals surface area (Å²) in [6.07, 6.45) is 1.25. The number of hydrogen-bond acceptors (Lipinski definition) is 9. The van der Waals surface area contributed by atoms with Crippen LogP contribution in [0.4, 0.5) is 28.7 Å². The second kappa shape index (κ2) is 9.33. The van der Waals surface area contributed by atoms with Crippen molar-refractivity contribution in [2.45, 2.75) is 0 Å². The van der Waals surface area contributed by atoms with Gasteiger partial charge in [0, 0.05) is 17.4 Å². The van der Waals surface area contributed by atoms with Crippen molar-refractivity contribution in [3.8, 4) is 23.0 Å². The average molecular weight is 457 g/mol. The van der Waals surface area contributed by atoms with Gasteiger partial charge in [0.15, 0.2) is 11.5 Å². The summed E-state index contributed by atoms with van der Waals surface area (Å²) in [5, 5.41) is 17.9. The number of nitro groups is 1. The number of benzene rings is 3. The summed E-state index contributed by atoms with van der Waals surface area (Å²) in [5.41, 5.74) is 0.883. The molecule has 2 heterocycles. The van der Waals surface area contributed by atoms with Gasteiger partial charge >= 0.3 is 5.69 Å². The van der Waals surface area contributed by atoms with Crippen LogP contribution >= 0.6 is 0 Å². The number of nitrogens with one attached hydrogen (secondary N) is 2. The van der Waals surface area contributed by atoms with Gasteiger partial charge in [-0.25, -0.2) is 9.97 Å². The highest BCUT2D eigenvalue weighted by Crippen LogP contribution is 2.37. The van der Waals surface area contributed by atoms with Gasteiger partial charge in [-0.3, -0.25) is 10.1 Å². The summed E-state index contributed by atoms with van der Waals surface area (Å²) in [5.74, 6) is 2.62. The van der Waals surface area contributed by atoms with E-state index in [-0.39, 0.29) is 17.3 Å². The fourth-order valence-electron chi connectivity index (χ4n) is 3.36. The lowest BCUT2D eigenvalue weighted by atomic mass is 10.2. The minimum atomic E-state index is -0.532. The van der Waals surface area contributed by atoms with Gasteiger partial charge in [-0.05, 0) is 48.5 Å². The predicted octanol–water partition coefficient (Wildman–Crippen LogP) is 5.44. The van der Waals surface area contributed by atoms with Crippen LogP contribution in [0.2, 0.25) is 0 Å². The second-order valence-electron chi connectivity index (χ2n) is 7.22. The first-order valence-electron chi connectivity index (χ1n) is 10.4. The monoisotopic (exact) mass is 457 g/mol. The zero-order chi connectivity index (χ0) is 23.3. The Balaban J connectivity index is 1.36. The molecule has 0 atom stereocenters. The molecule has 0 amide bonds. The van der Waals surface area contributed by atoms with Crippen LogP contribution in [0.15, 0.2) is 79.1 Å². The van der Waals surface area contributed by atoms with Crippen molar-refractivity contribution in [1.29, 1.82) is 0 Å². The van der Waals surface area contributed by atoms with Gasteiger partial charge in [-0.2, -0.15) is 0 Å². The molecule has 0 spiro atoms. The number of hydrogen-bond donors (Lipinski definition) is 2. The van der Waals surface area contributed by atoms with Gasteiger partial charge in [0.05, 0.1) is 4.92 Å². The molecule has 0 saturated heterocycles. The summed E-state index contributed by atoms with van der Waals surface area (Å²) in [6.45, 7) is 0.916. The Hall–Kier alpha value is -4.86. The molecule has 34 heavy (non-hydrogen) atoms. The van der Waals surface area contributed by atoms with Crippen LogP contribution in [-0.4, -0.2) is 28.1 Å². The van der Waals surface area contributed by atoms with Crippen molar-refractivity contribution < 1.29 is 19.1 Å². The Labute approximate surface area is 194 Å². The van der Waals surface area contributed by atoms with Crippen LogP contribution in [0, 0.1) is 10.1 Å². The zero-order valence-electron chi connectivity index (χ0n) is 17.8. The molecule has 10 nitrogen and oxygen atoms in total. The molecular weight excluding hydrogens is 438 g/mol. The molecule has 10 heteroatoms. The van der Waals surface area contributed by atoms with Crippen LogP contribution in [-0.2, 0) is 0 Å². The van der Waals surface area contributed by atoms with Crippen LogP contribution < -0.4 is 24.8 Å². The molecule has 0 bridgehead atoms. The minimum absolute atomic E-state index is 0.0446. The summed E-state index contributed by atoms with van der Waals surface area (Å²) < 4.78 is 16.9. The maximum Gasteiger partial charge on any atom is 0.353 e. The van der Waals surface area contributed by atoms with E-state index >= 15 is 0 Å². The smallest absolute Gasteiger partial charge is 0.353 e. The molecule has 0 fully saturated rings. The van der Waals surface area contributed by atoms with E-state index in [2.05, 4.69) is 20.6 Å². The largest absolute Gasteiger partial charge is 0.486 e. The third-order valence-electron chi connectivity index (χ3n) is 4.91. The molecular formula is C24H19N5O5. The number of para-hydroxylation sites is 1. The lowest BCUT2D eigenvalue weighted by Crippen LogP contribution is -2.15. The summed E-state index contributed by atoms with van der Waals surface area (Å²) in [7, 11) is 0. The fraction of sp³-hybridized carbons (Fsp3) is 0.0833. The lowest BCUT2D eigenvalue weighted by molar-refractivity contribution is -0.383. The highest BCUT2D eigenvalue weighted by Gasteiger charge is 2.24. The predicted molar refractivity (Wildman–Crippen MR) is 126 cm³/mol. The molecule has 0 saturated carbocycles. The quantitative estimate of drug-likeness (QED) is 0.276. The molecule has 3 aromatic carbocycles. The SMILES string of the molecule is O=[N+]([O-])c1c(Nc2ccc(Oc3ccccc3)cc2)ncnc1Nc1ccc2c(c1)OCCO2. The molecule has 0 unspecified atom stereocenters. The van der Waals surface area contributed by atoms with E-state index in [9.17, 15) is 10.1 Å². The Kier molecular flexibility index (Phi) is 5.76. The second-order valence-corrected chi connectivity index (χ2v) is 7.22. The van der Waals surface area contributed by atoms with Gasteiger partial charge in [-0.1, -0.05) is 18.2 Å². The summed E-state index contributed by atoms with van der Waals surface area (Å²) in [6, 6.07) is 21.6. The van der Waals surface area contributed by atoms with Crippen molar-refractivity contribution in [3.63, 3.8) is 0 Å². The van der Waals surface area contributed by atoms with Crippen LogP contribution in [0.25, 0.3) is 0 Å². The number of nitrogens with zero attached hydrogens (tertiary/aromatic N) is 3. The Bertz CT molecular complexity index is 1320. The highest BCUT2D eigenvalue weighted by atomic mass is 16.6. The molecule has 0 aliphatic carbocycles. The Morgan fingerprint density at radius 3 is 2.12 bits per heavy atom. The molecule has 2 N–H and O–H groups in total. The minimum Gasteiger partial charge on any atom is -0.486 e. The summed E-state index contributed by atoms with van der Waals surface area (Å²) in [4.78, 5) is 19.5. The van der Waals surface area contributed by atoms with Crippen LogP contribution in [0.3, 0.4) is 0 Å². The topological polar surface area (TPSA) is 121 Å². The van der Waals surface area contributed by atoms with Gasteiger partial charge in [-0.15, -0.1) is 0 Å². The number of fused-ring (bicyclic) bond motifs is 1. The third-order valence-corrected chi connectivity index (χ3v) is 4.91. The molecule has 0 radical (unpaired) electrons. The lowest BCUT2D eigenvalue weighted by Gasteiger charge is -2.19. The van der Waals surface area contributed by atoms with E-state index in [0.717, 1.165) is 0 Å². The first kappa shape index (κ1) is 21.0. The highest BCUT2D eigenvalue weighted by molar-refractivity contribution is 5.77. The molecule has 1 aromatic heterocycles. The molecule has 4 aromatic rings. The normalized spacial score (nSPS) is 12.0. The molecule has 1 aliphatic rings. The average Bonchev–Trinajstić information content (AvgIpc) is 2.86. The fourth-order valence-corrected chi connectivity index (χ4v) is 3.36. The first-order valence-corrected chi connectivity index (χ1v) is 10.4. The standard InChI is InChI=1S/C24H19N5O5/c30-29(31)22-23(27-16-6-9-19(10-7-16)34-18-4-2-1-3-5-18)25-15-26-24(22)28-17-8-11-20-21(14-17)33-13-12-32-20/h1-11,14-15H,12-13H2,(H2,25,26,27,28). The van der Waals surface area contributed by atoms with Crippen molar-refractivity contribution in [2.75, 3.05) is 23.8 Å². The molecule has 170 valence electrons. The summed E-state index contributed by atoms with van der Waals surface area (Å²) >= 11 is 0. The van der Waals surface area contributed by atoms with Crippen molar-refractivity contribution in [1.82, 2.24) is 9.97 Å². The number of anilines is 4. The van der Waals surface area contributed by atoms with Crippen LogP contribution in [0.5, 0.6) is 23.0 Å². The van der Waals surface area contributed by atoms with Gasteiger partial charge in [0.25, 0.3) is 0 Å². The van der Waals surface area contributed by atoms with Gasteiger partial charge in [0.1, 0.15) is 31.0 Å². The van der Waals surface area contributed by atoms with E-state index in [1.54, 1.807) is 42.5 Å².